The van der Waals surface area contributed by atoms with E-state index >= 15 is 0 Å². The summed E-state index contributed by atoms with van der Waals surface area (Å²) in [6, 6.07) is 11.0. The molecule has 41 heavy (non-hydrogen) atoms. The van der Waals surface area contributed by atoms with Crippen LogP contribution in [0.4, 0.5) is 16.0 Å². The van der Waals surface area contributed by atoms with Gasteiger partial charge in [0.25, 0.3) is 0 Å². The fraction of sp³-hybridized carbons (Fsp3) is 0.355. The van der Waals surface area contributed by atoms with E-state index in [9.17, 15) is 19.2 Å². The van der Waals surface area contributed by atoms with Gasteiger partial charge >= 0.3 is 7.12 Å². The van der Waals surface area contributed by atoms with E-state index in [-0.39, 0.29) is 27.5 Å². The van der Waals surface area contributed by atoms with E-state index in [1.807, 2.05) is 32.9 Å². The number of benzene rings is 2. The number of fused-ring (bicyclic) bond motifs is 1. The first-order valence-corrected chi connectivity index (χ1v) is 14.1. The van der Waals surface area contributed by atoms with Crippen molar-refractivity contribution in [2.24, 2.45) is 5.41 Å². The van der Waals surface area contributed by atoms with Gasteiger partial charge in [-0.05, 0) is 68.9 Å². The third-order valence-corrected chi connectivity index (χ3v) is 8.23. The minimum Gasteiger partial charge on any atom is -0.440 e. The average Bonchev–Trinajstić information content (AvgIpc) is 2.91. The standard InChI is InChI=1S/C31H34BClFN3O4/c1-17-14-21(29-22(15-17)28(38)18(2)30(41-29)37-12-10-31(4,5)11-13-37)19(3)35-25-8-9-26(33)36-27(25)20-6-7-23(32(39)40)24(34)16-20/h6-9,14-16,19,35,39-40H,10-13H2,1-5H3/t19-/m1/s1. The van der Waals surface area contributed by atoms with E-state index in [0.717, 1.165) is 37.1 Å². The number of pyridine rings is 1. The lowest BCUT2D eigenvalue weighted by Gasteiger charge is -2.37. The van der Waals surface area contributed by atoms with Gasteiger partial charge in [0.2, 0.25) is 5.88 Å². The molecule has 3 heterocycles. The van der Waals surface area contributed by atoms with Crippen molar-refractivity contribution in [3.63, 3.8) is 0 Å². The fourth-order valence-electron chi connectivity index (χ4n) is 5.46. The number of rotatable bonds is 6. The molecule has 2 aromatic heterocycles. The Labute approximate surface area is 244 Å². The fourth-order valence-corrected chi connectivity index (χ4v) is 5.61. The molecule has 0 spiro atoms. The lowest BCUT2D eigenvalue weighted by Crippen LogP contribution is -2.38. The molecule has 4 aromatic rings. The van der Waals surface area contributed by atoms with Crippen LogP contribution in [0.5, 0.6) is 0 Å². The molecule has 5 rings (SSSR count). The molecule has 7 nitrogen and oxygen atoms in total. The highest BCUT2D eigenvalue weighted by Crippen LogP contribution is 2.37. The van der Waals surface area contributed by atoms with Crippen molar-refractivity contribution < 1.29 is 18.9 Å². The van der Waals surface area contributed by atoms with Crippen LogP contribution >= 0.6 is 11.6 Å². The minimum atomic E-state index is -1.93. The zero-order valence-corrected chi connectivity index (χ0v) is 24.6. The van der Waals surface area contributed by atoms with Gasteiger partial charge in [0.15, 0.2) is 5.43 Å². The summed E-state index contributed by atoms with van der Waals surface area (Å²) in [4.78, 5) is 20.2. The summed E-state index contributed by atoms with van der Waals surface area (Å²) in [5, 5.41) is 23.0. The molecule has 1 aliphatic rings. The van der Waals surface area contributed by atoms with Crippen LogP contribution in [0.15, 0.2) is 51.7 Å². The van der Waals surface area contributed by atoms with Gasteiger partial charge < -0.3 is 24.7 Å². The van der Waals surface area contributed by atoms with E-state index in [2.05, 4.69) is 29.0 Å². The number of anilines is 2. The van der Waals surface area contributed by atoms with Crippen molar-refractivity contribution in [3.8, 4) is 11.3 Å². The SMILES string of the molecule is Cc1cc([C@@H](C)Nc2ccc(Cl)nc2-c2ccc(B(O)O)c(F)c2)c2oc(N3CCC(C)(C)CC3)c(C)c(=O)c2c1. The molecule has 2 aromatic carbocycles. The summed E-state index contributed by atoms with van der Waals surface area (Å²) in [5.41, 5.74) is 4.25. The molecule has 1 saturated heterocycles. The maximum Gasteiger partial charge on any atom is 0.491 e. The molecule has 0 amide bonds. The number of hydrogen-bond donors (Lipinski definition) is 3. The van der Waals surface area contributed by atoms with Crippen molar-refractivity contribution in [1.29, 1.82) is 0 Å². The van der Waals surface area contributed by atoms with E-state index in [1.54, 1.807) is 18.2 Å². The molecule has 0 unspecified atom stereocenters. The van der Waals surface area contributed by atoms with Gasteiger partial charge in [-0.15, -0.1) is 0 Å². The number of piperidine rings is 1. The molecular formula is C31H34BClFN3O4. The highest BCUT2D eigenvalue weighted by atomic mass is 35.5. The molecule has 3 N–H and O–H groups in total. The normalized spacial score (nSPS) is 15.7. The Morgan fingerprint density at radius 3 is 2.49 bits per heavy atom. The second-order valence-corrected chi connectivity index (χ2v) is 12.1. The first kappa shape index (κ1) is 29.1. The Kier molecular flexibility index (Phi) is 7.89. The van der Waals surface area contributed by atoms with Crippen LogP contribution in [-0.4, -0.2) is 35.2 Å². The quantitative estimate of drug-likeness (QED) is 0.198. The predicted octanol–water partition coefficient (Wildman–Crippen LogP) is 5.74. The highest BCUT2D eigenvalue weighted by Gasteiger charge is 2.29. The topological polar surface area (TPSA) is 98.8 Å². The second-order valence-electron chi connectivity index (χ2n) is 11.7. The van der Waals surface area contributed by atoms with Crippen LogP contribution in [-0.2, 0) is 0 Å². The van der Waals surface area contributed by atoms with E-state index in [4.69, 9.17) is 16.0 Å². The Bertz CT molecular complexity index is 1680. The van der Waals surface area contributed by atoms with E-state index in [1.165, 1.54) is 12.1 Å². The third kappa shape index (κ3) is 5.84. The van der Waals surface area contributed by atoms with Crippen LogP contribution in [0.1, 0.15) is 56.3 Å². The third-order valence-electron chi connectivity index (χ3n) is 8.02. The molecule has 1 aliphatic heterocycles. The van der Waals surface area contributed by atoms with Gasteiger partial charge in [0.1, 0.15) is 16.6 Å². The summed E-state index contributed by atoms with van der Waals surface area (Å²) in [5.74, 6) is -0.153. The summed E-state index contributed by atoms with van der Waals surface area (Å²) in [6.07, 6.45) is 2.02. The number of nitrogens with zero attached hydrogens (tertiary/aromatic N) is 2. The van der Waals surface area contributed by atoms with Gasteiger partial charge in [-0.1, -0.05) is 43.6 Å². The molecule has 1 fully saturated rings. The van der Waals surface area contributed by atoms with Crippen LogP contribution in [0.3, 0.4) is 0 Å². The lowest BCUT2D eigenvalue weighted by molar-refractivity contribution is 0.274. The van der Waals surface area contributed by atoms with Crippen molar-refractivity contribution >= 4 is 46.7 Å². The van der Waals surface area contributed by atoms with Crippen LogP contribution in [0.2, 0.25) is 5.15 Å². The molecule has 0 radical (unpaired) electrons. The number of aromatic nitrogens is 1. The van der Waals surface area contributed by atoms with Crippen molar-refractivity contribution in [1.82, 2.24) is 4.98 Å². The van der Waals surface area contributed by atoms with Gasteiger partial charge in [0.05, 0.1) is 28.4 Å². The van der Waals surface area contributed by atoms with Crippen LogP contribution in [0.25, 0.3) is 22.2 Å². The Morgan fingerprint density at radius 1 is 1.12 bits per heavy atom. The minimum absolute atomic E-state index is 0.0429. The Hall–Kier alpha value is -3.40. The monoisotopic (exact) mass is 577 g/mol. The Balaban J connectivity index is 1.56. The zero-order chi connectivity index (χ0) is 29.6. The van der Waals surface area contributed by atoms with Crippen molar-refractivity contribution in [2.45, 2.75) is 53.5 Å². The summed E-state index contributed by atoms with van der Waals surface area (Å²) < 4.78 is 21.2. The molecule has 10 heteroatoms. The maximum atomic E-state index is 14.6. The van der Waals surface area contributed by atoms with Gasteiger partial charge in [0, 0.05) is 29.7 Å². The van der Waals surface area contributed by atoms with Crippen molar-refractivity contribution in [3.05, 3.63) is 80.3 Å². The van der Waals surface area contributed by atoms with Gasteiger partial charge in [-0.3, -0.25) is 4.79 Å². The molecular weight excluding hydrogens is 544 g/mol. The Morgan fingerprint density at radius 2 is 1.83 bits per heavy atom. The maximum absolute atomic E-state index is 14.6. The number of aryl methyl sites for hydroxylation is 1. The predicted molar refractivity (Wildman–Crippen MR) is 164 cm³/mol. The molecule has 0 aliphatic carbocycles. The van der Waals surface area contributed by atoms with Crippen LogP contribution < -0.4 is 21.1 Å². The molecule has 0 saturated carbocycles. The first-order chi connectivity index (χ1) is 19.3. The summed E-state index contributed by atoms with van der Waals surface area (Å²) in [7, 11) is -1.93. The highest BCUT2D eigenvalue weighted by molar-refractivity contribution is 6.58. The summed E-state index contributed by atoms with van der Waals surface area (Å²) >= 11 is 6.21. The second kappa shape index (κ2) is 11.1. The number of halogens is 2. The van der Waals surface area contributed by atoms with Gasteiger partial charge in [-0.25, -0.2) is 9.37 Å². The number of hydrogen-bond acceptors (Lipinski definition) is 7. The number of nitrogens with one attached hydrogen (secondary N) is 1. The molecule has 214 valence electrons. The van der Waals surface area contributed by atoms with E-state index < -0.39 is 12.9 Å². The largest absolute Gasteiger partial charge is 0.491 e. The summed E-state index contributed by atoms with van der Waals surface area (Å²) in [6.45, 7) is 11.9. The molecule has 1 atom stereocenters. The van der Waals surface area contributed by atoms with Crippen LogP contribution in [0, 0.1) is 25.1 Å². The van der Waals surface area contributed by atoms with Gasteiger partial charge in [-0.2, -0.15) is 0 Å². The lowest BCUT2D eigenvalue weighted by atomic mass is 9.79. The van der Waals surface area contributed by atoms with Crippen molar-refractivity contribution in [2.75, 3.05) is 23.3 Å². The first-order valence-electron chi connectivity index (χ1n) is 13.8. The smallest absolute Gasteiger partial charge is 0.440 e. The zero-order valence-electron chi connectivity index (χ0n) is 23.9. The van der Waals surface area contributed by atoms with E-state index in [0.29, 0.717) is 39.4 Å². The average molecular weight is 578 g/mol. The molecule has 0 bridgehead atoms.